The van der Waals surface area contributed by atoms with Crippen LogP contribution < -0.4 is 5.32 Å². The smallest absolute Gasteiger partial charge is 0.306 e. The third kappa shape index (κ3) is 34.7. The number of hydrogen-bond acceptors (Lipinski definition) is 10. The van der Waals surface area contributed by atoms with Crippen molar-refractivity contribution in [2.75, 3.05) is 13.2 Å². The van der Waals surface area contributed by atoms with Crippen molar-refractivity contribution in [1.82, 2.24) is 5.32 Å². The maximum atomic E-state index is 13.3. The molecule has 8 unspecified atom stereocenters. The molecule has 0 aromatic carbocycles. The molecule has 0 saturated carbocycles. The Morgan fingerprint density at radius 2 is 1.12 bits per heavy atom. The van der Waals surface area contributed by atoms with E-state index in [0.717, 1.165) is 109 Å². The summed E-state index contributed by atoms with van der Waals surface area (Å²) in [6, 6.07) is -1.04. The molecule has 1 aliphatic rings. The zero-order valence-corrected chi connectivity index (χ0v) is 43.4. The minimum absolute atomic E-state index is 0.107. The predicted molar refractivity (Wildman–Crippen MR) is 282 cm³/mol. The zero-order chi connectivity index (χ0) is 50.4. The van der Waals surface area contributed by atoms with Crippen molar-refractivity contribution in [2.45, 2.75) is 256 Å². The van der Waals surface area contributed by atoms with Gasteiger partial charge in [-0.25, -0.2) is 0 Å². The second kappa shape index (κ2) is 45.9. The molecule has 0 bridgehead atoms. The van der Waals surface area contributed by atoms with Crippen LogP contribution >= 0.6 is 0 Å². The van der Waals surface area contributed by atoms with Crippen molar-refractivity contribution >= 4 is 11.9 Å². The van der Waals surface area contributed by atoms with Gasteiger partial charge in [-0.1, -0.05) is 215 Å². The molecule has 1 aliphatic heterocycles. The van der Waals surface area contributed by atoms with Crippen LogP contribution in [0.25, 0.3) is 0 Å². The molecule has 11 heteroatoms. The van der Waals surface area contributed by atoms with Gasteiger partial charge in [0.1, 0.15) is 24.4 Å². The highest BCUT2D eigenvalue weighted by Gasteiger charge is 2.47. The monoisotopic (exact) mass is 970 g/mol. The molecule has 11 nitrogen and oxygen atoms in total. The number of carbonyl (C=O) groups is 2. The van der Waals surface area contributed by atoms with Gasteiger partial charge in [-0.2, -0.15) is 0 Å². The second-order valence-corrected chi connectivity index (χ2v) is 18.6. The number of amides is 1. The van der Waals surface area contributed by atoms with Gasteiger partial charge in [-0.15, -0.1) is 0 Å². The van der Waals surface area contributed by atoms with E-state index in [1.54, 1.807) is 6.08 Å². The van der Waals surface area contributed by atoms with Gasteiger partial charge < -0.3 is 45.1 Å². The number of hydrogen-bond donors (Lipinski definition) is 6. The fraction of sp³-hybridized carbons (Fsp3) is 0.724. The Labute approximate surface area is 419 Å². The lowest BCUT2D eigenvalue weighted by molar-refractivity contribution is -0.305. The third-order valence-electron chi connectivity index (χ3n) is 12.4. The summed E-state index contributed by atoms with van der Waals surface area (Å²) in [7, 11) is 0. The Kier molecular flexibility index (Phi) is 42.5. The highest BCUT2D eigenvalue weighted by molar-refractivity contribution is 5.80. The third-order valence-corrected chi connectivity index (χ3v) is 12.4. The van der Waals surface area contributed by atoms with Crippen LogP contribution in [0, 0.1) is 0 Å². The molecule has 1 rings (SSSR count). The molecule has 69 heavy (non-hydrogen) atoms. The van der Waals surface area contributed by atoms with Crippen molar-refractivity contribution in [3.63, 3.8) is 0 Å². The Morgan fingerprint density at radius 1 is 0.594 bits per heavy atom. The SMILES string of the molecule is CC/C=C/C=C/C=C/C=C\CCCCCCC(O)C(=O)NC(COC1OC(CO)C(O)C(O)C1OC(=O)CCCCCCCCC/C=C/C/C=C/CC)C(O)/C=C/CCCCCCCCCCCC. The number of ether oxygens (including phenoxy) is 3. The van der Waals surface area contributed by atoms with Crippen LogP contribution in [0.15, 0.2) is 85.1 Å². The summed E-state index contributed by atoms with van der Waals surface area (Å²) in [5.41, 5.74) is 0. The number of nitrogens with one attached hydrogen (secondary N) is 1. The normalized spacial score (nSPS) is 20.5. The molecule has 0 aromatic heterocycles. The van der Waals surface area contributed by atoms with E-state index in [1.807, 2.05) is 42.5 Å². The first-order valence-corrected chi connectivity index (χ1v) is 27.4. The van der Waals surface area contributed by atoms with Crippen LogP contribution in [0.1, 0.15) is 207 Å². The maximum absolute atomic E-state index is 13.3. The summed E-state index contributed by atoms with van der Waals surface area (Å²) in [4.78, 5) is 26.4. The van der Waals surface area contributed by atoms with Gasteiger partial charge in [0.05, 0.1) is 25.4 Å². The second-order valence-electron chi connectivity index (χ2n) is 18.6. The average molecular weight is 970 g/mol. The molecule has 1 heterocycles. The lowest BCUT2D eigenvalue weighted by Crippen LogP contribution is -2.61. The van der Waals surface area contributed by atoms with E-state index in [2.05, 4.69) is 62.5 Å². The standard InChI is InChI=1S/C58H99NO10/c1-4-7-10-13-16-19-22-25-27-30-33-36-39-42-45-51(62)57(66)59-49(50(61)44-41-38-35-32-29-24-21-18-15-12-9-6-3)48-67-58-56(55(65)54(64)52(47-60)68-58)69-53(63)46-43-40-37-34-31-28-26-23-20-17-14-11-8-5-2/h7-8,10-11,13,16-17,19-20,22,25,27,41,44,49-52,54-56,58,60-62,64-65H,4-6,9,12,14-15,18,21,23-24,26,28-40,42-43,45-48H2,1-3H3,(H,59,66)/b10-7+,11-8+,16-13+,20-17+,22-19+,27-25-,44-41+. The number of carbonyl (C=O) groups excluding carboxylic acids is 2. The summed E-state index contributed by atoms with van der Waals surface area (Å²) >= 11 is 0. The average Bonchev–Trinajstić information content (AvgIpc) is 3.34. The quantitative estimate of drug-likeness (QED) is 0.0149. The largest absolute Gasteiger partial charge is 0.454 e. The van der Waals surface area contributed by atoms with Crippen molar-refractivity contribution in [2.24, 2.45) is 0 Å². The van der Waals surface area contributed by atoms with Gasteiger partial charge in [0.25, 0.3) is 0 Å². The molecular weight excluding hydrogens is 871 g/mol. The summed E-state index contributed by atoms with van der Waals surface area (Å²) in [5.74, 6) is -1.23. The summed E-state index contributed by atoms with van der Waals surface area (Å²) in [5, 5.41) is 56.7. The Balaban J connectivity index is 2.79. The topological polar surface area (TPSA) is 175 Å². The van der Waals surface area contributed by atoms with E-state index >= 15 is 0 Å². The highest BCUT2D eigenvalue weighted by Crippen LogP contribution is 2.26. The molecule has 6 N–H and O–H groups in total. The van der Waals surface area contributed by atoms with Crippen molar-refractivity contribution in [1.29, 1.82) is 0 Å². The molecule has 0 aromatic rings. The van der Waals surface area contributed by atoms with E-state index in [-0.39, 0.29) is 19.4 Å². The van der Waals surface area contributed by atoms with Crippen LogP contribution in [-0.4, -0.2) is 99.6 Å². The van der Waals surface area contributed by atoms with Crippen LogP contribution in [-0.2, 0) is 23.8 Å². The molecule has 1 amide bonds. The first kappa shape index (κ1) is 63.9. The molecule has 1 saturated heterocycles. The van der Waals surface area contributed by atoms with Crippen molar-refractivity contribution in [3.8, 4) is 0 Å². The van der Waals surface area contributed by atoms with Gasteiger partial charge in [-0.3, -0.25) is 9.59 Å². The number of esters is 1. The minimum atomic E-state index is -1.62. The first-order valence-electron chi connectivity index (χ1n) is 27.4. The molecule has 0 radical (unpaired) electrons. The Bertz CT molecular complexity index is 1440. The zero-order valence-electron chi connectivity index (χ0n) is 43.4. The van der Waals surface area contributed by atoms with Crippen LogP contribution in [0.4, 0.5) is 0 Å². The molecule has 396 valence electrons. The molecule has 0 spiro atoms. The van der Waals surface area contributed by atoms with Crippen LogP contribution in [0.5, 0.6) is 0 Å². The number of aliphatic hydroxyl groups is 5. The Morgan fingerprint density at radius 3 is 1.72 bits per heavy atom. The number of aliphatic hydroxyl groups excluding tert-OH is 5. The molecule has 1 fully saturated rings. The van der Waals surface area contributed by atoms with E-state index < -0.39 is 67.4 Å². The van der Waals surface area contributed by atoms with E-state index in [0.29, 0.717) is 12.8 Å². The van der Waals surface area contributed by atoms with Crippen molar-refractivity contribution < 1.29 is 49.3 Å². The van der Waals surface area contributed by atoms with Gasteiger partial charge >= 0.3 is 5.97 Å². The maximum Gasteiger partial charge on any atom is 0.306 e. The van der Waals surface area contributed by atoms with E-state index in [4.69, 9.17) is 14.2 Å². The molecule has 0 aliphatic carbocycles. The van der Waals surface area contributed by atoms with Crippen LogP contribution in [0.3, 0.4) is 0 Å². The van der Waals surface area contributed by atoms with Gasteiger partial charge in [0, 0.05) is 6.42 Å². The van der Waals surface area contributed by atoms with Gasteiger partial charge in [-0.05, 0) is 70.6 Å². The predicted octanol–water partition coefficient (Wildman–Crippen LogP) is 11.8. The van der Waals surface area contributed by atoms with Crippen molar-refractivity contribution in [3.05, 3.63) is 85.1 Å². The van der Waals surface area contributed by atoms with E-state index in [9.17, 15) is 35.1 Å². The summed E-state index contributed by atoms with van der Waals surface area (Å²) in [6.45, 7) is 5.49. The minimum Gasteiger partial charge on any atom is -0.454 e. The number of unbranched alkanes of at least 4 members (excludes halogenated alkanes) is 21. The molecular formula is C58H99NO10. The summed E-state index contributed by atoms with van der Waals surface area (Å²) < 4.78 is 17.5. The van der Waals surface area contributed by atoms with Gasteiger partial charge in [0.2, 0.25) is 5.91 Å². The fourth-order valence-corrected chi connectivity index (χ4v) is 8.05. The fourth-order valence-electron chi connectivity index (χ4n) is 8.05. The lowest BCUT2D eigenvalue weighted by atomic mass is 9.99. The number of rotatable bonds is 44. The highest BCUT2D eigenvalue weighted by atomic mass is 16.7. The number of allylic oxidation sites excluding steroid dienone is 13. The van der Waals surface area contributed by atoms with Crippen LogP contribution in [0.2, 0.25) is 0 Å². The Hall–Kier alpha value is -3.16. The molecule has 8 atom stereocenters. The summed E-state index contributed by atoms with van der Waals surface area (Å²) in [6.07, 6.45) is 47.7. The van der Waals surface area contributed by atoms with E-state index in [1.165, 1.54) is 51.4 Å². The lowest BCUT2D eigenvalue weighted by Gasteiger charge is -2.41. The van der Waals surface area contributed by atoms with Gasteiger partial charge in [0.15, 0.2) is 12.4 Å². The first-order chi connectivity index (χ1) is 33.7.